The molecule has 0 aliphatic heterocycles. The second-order valence-corrected chi connectivity index (χ2v) is 5.61. The minimum atomic E-state index is -1.15. The molecule has 2 amide bonds. The van der Waals surface area contributed by atoms with Gasteiger partial charge >= 0.3 is 5.97 Å². The first-order valence-corrected chi connectivity index (χ1v) is 7.59. The first-order chi connectivity index (χ1) is 11.9. The zero-order valence-corrected chi connectivity index (χ0v) is 13.5. The third kappa shape index (κ3) is 5.13. The molecule has 25 heavy (non-hydrogen) atoms. The Morgan fingerprint density at radius 3 is 2.48 bits per heavy atom. The van der Waals surface area contributed by atoms with E-state index in [1.54, 1.807) is 0 Å². The van der Waals surface area contributed by atoms with E-state index in [-0.39, 0.29) is 12.0 Å². The van der Waals surface area contributed by atoms with E-state index in [0.29, 0.717) is 12.2 Å². The molecule has 0 bridgehead atoms. The third-order valence-electron chi connectivity index (χ3n) is 3.52. The standard InChI is InChI=1S/C18H17NO6/c1-11(18(23)24)7-16(21)19-17(22)14-10-25-13(9-15(14)20)8-12-5-3-2-4-6-12/h2-6,9-11H,7-8H2,1H3,(H,23,24)(H,19,21,22)/t11-/m0/s1. The van der Waals surface area contributed by atoms with Crippen molar-refractivity contribution in [3.05, 3.63) is 69.8 Å². The molecule has 1 heterocycles. The van der Waals surface area contributed by atoms with Gasteiger partial charge in [-0.1, -0.05) is 37.3 Å². The summed E-state index contributed by atoms with van der Waals surface area (Å²) in [6, 6.07) is 10.5. The smallest absolute Gasteiger partial charge is 0.306 e. The fourth-order valence-corrected chi connectivity index (χ4v) is 2.12. The molecular weight excluding hydrogens is 326 g/mol. The van der Waals surface area contributed by atoms with Crippen molar-refractivity contribution in [2.45, 2.75) is 19.8 Å². The molecule has 2 rings (SSSR count). The number of aliphatic carboxylic acids is 1. The van der Waals surface area contributed by atoms with Gasteiger partial charge in [0.15, 0.2) is 5.43 Å². The van der Waals surface area contributed by atoms with Crippen LogP contribution in [0.2, 0.25) is 0 Å². The lowest BCUT2D eigenvalue weighted by atomic mass is 10.1. The van der Waals surface area contributed by atoms with E-state index < -0.39 is 29.1 Å². The molecule has 7 heteroatoms. The summed E-state index contributed by atoms with van der Waals surface area (Å²) in [4.78, 5) is 46.4. The van der Waals surface area contributed by atoms with Crippen LogP contribution in [0.5, 0.6) is 0 Å². The molecule has 0 saturated carbocycles. The van der Waals surface area contributed by atoms with E-state index in [9.17, 15) is 19.2 Å². The lowest BCUT2D eigenvalue weighted by molar-refractivity contribution is -0.143. The van der Waals surface area contributed by atoms with E-state index >= 15 is 0 Å². The van der Waals surface area contributed by atoms with Gasteiger partial charge in [-0.05, 0) is 5.56 Å². The molecule has 0 unspecified atom stereocenters. The summed E-state index contributed by atoms with van der Waals surface area (Å²) in [5.74, 6) is -3.38. The van der Waals surface area contributed by atoms with Gasteiger partial charge in [-0.3, -0.25) is 24.5 Å². The molecule has 0 aliphatic carbocycles. The van der Waals surface area contributed by atoms with Crippen LogP contribution in [-0.4, -0.2) is 22.9 Å². The molecule has 1 aromatic heterocycles. The van der Waals surface area contributed by atoms with E-state index in [0.717, 1.165) is 11.8 Å². The number of carboxylic acid groups (broad SMARTS) is 1. The summed E-state index contributed by atoms with van der Waals surface area (Å²) in [6.07, 6.45) is 1.04. The highest BCUT2D eigenvalue weighted by Gasteiger charge is 2.20. The molecule has 0 spiro atoms. The molecule has 7 nitrogen and oxygen atoms in total. The predicted molar refractivity (Wildman–Crippen MR) is 88.1 cm³/mol. The van der Waals surface area contributed by atoms with Crippen LogP contribution in [-0.2, 0) is 16.0 Å². The zero-order valence-electron chi connectivity index (χ0n) is 13.5. The fourth-order valence-electron chi connectivity index (χ4n) is 2.12. The number of hydrogen-bond donors (Lipinski definition) is 2. The van der Waals surface area contributed by atoms with Gasteiger partial charge in [0, 0.05) is 18.9 Å². The number of nitrogens with one attached hydrogen (secondary N) is 1. The van der Waals surface area contributed by atoms with Crippen molar-refractivity contribution in [3.63, 3.8) is 0 Å². The van der Waals surface area contributed by atoms with Crippen LogP contribution in [0.4, 0.5) is 0 Å². The van der Waals surface area contributed by atoms with Crippen molar-refractivity contribution in [2.75, 3.05) is 0 Å². The number of carbonyl (C=O) groups is 3. The van der Waals surface area contributed by atoms with Crippen molar-refractivity contribution in [3.8, 4) is 0 Å². The molecule has 1 atom stereocenters. The van der Waals surface area contributed by atoms with Gasteiger partial charge in [0.2, 0.25) is 5.91 Å². The summed E-state index contributed by atoms with van der Waals surface area (Å²) in [7, 11) is 0. The van der Waals surface area contributed by atoms with Gasteiger partial charge in [-0.15, -0.1) is 0 Å². The number of benzene rings is 1. The molecule has 130 valence electrons. The van der Waals surface area contributed by atoms with Crippen molar-refractivity contribution in [2.24, 2.45) is 5.92 Å². The molecule has 0 aliphatic rings. The minimum absolute atomic E-state index is 0.312. The number of rotatable bonds is 6. The Kier molecular flexibility index (Phi) is 5.84. The maximum absolute atomic E-state index is 12.1. The van der Waals surface area contributed by atoms with Crippen molar-refractivity contribution >= 4 is 17.8 Å². The number of carboxylic acids is 1. The average molecular weight is 343 g/mol. The Labute approximate surface area is 143 Å². The van der Waals surface area contributed by atoms with Crippen LogP contribution < -0.4 is 10.7 Å². The summed E-state index contributed by atoms with van der Waals surface area (Å²) in [5, 5.41) is 10.7. The van der Waals surface area contributed by atoms with Gasteiger partial charge in [0.25, 0.3) is 5.91 Å². The van der Waals surface area contributed by atoms with E-state index in [1.807, 2.05) is 35.6 Å². The van der Waals surface area contributed by atoms with Crippen LogP contribution in [0.1, 0.15) is 35.0 Å². The van der Waals surface area contributed by atoms with Crippen molar-refractivity contribution in [1.29, 1.82) is 0 Å². The maximum atomic E-state index is 12.1. The van der Waals surface area contributed by atoms with Gasteiger partial charge < -0.3 is 9.52 Å². The van der Waals surface area contributed by atoms with Crippen molar-refractivity contribution < 1.29 is 23.9 Å². The van der Waals surface area contributed by atoms with Gasteiger partial charge in [-0.2, -0.15) is 0 Å². The van der Waals surface area contributed by atoms with E-state index in [2.05, 4.69) is 0 Å². The Morgan fingerprint density at radius 1 is 1.20 bits per heavy atom. The quantitative estimate of drug-likeness (QED) is 0.823. The van der Waals surface area contributed by atoms with E-state index in [4.69, 9.17) is 9.52 Å². The van der Waals surface area contributed by atoms with Crippen LogP contribution in [0.25, 0.3) is 0 Å². The van der Waals surface area contributed by atoms with Crippen molar-refractivity contribution in [1.82, 2.24) is 5.32 Å². The minimum Gasteiger partial charge on any atom is -0.481 e. The molecule has 2 N–H and O–H groups in total. The number of hydrogen-bond acceptors (Lipinski definition) is 5. The number of amides is 2. The van der Waals surface area contributed by atoms with Crippen LogP contribution in [0.15, 0.2) is 51.9 Å². The largest absolute Gasteiger partial charge is 0.481 e. The highest BCUT2D eigenvalue weighted by molar-refractivity contribution is 6.04. The first kappa shape index (κ1) is 18.1. The molecular formula is C18H17NO6. The molecule has 0 saturated heterocycles. The molecule has 1 aromatic carbocycles. The predicted octanol–water partition coefficient (Wildman–Crippen LogP) is 1.60. The topological polar surface area (TPSA) is 114 Å². The lowest BCUT2D eigenvalue weighted by Gasteiger charge is -2.07. The Balaban J connectivity index is 2.04. The summed E-state index contributed by atoms with van der Waals surface area (Å²) in [5.41, 5.74) is 0.0580. The molecule has 0 fully saturated rings. The average Bonchev–Trinajstić information content (AvgIpc) is 2.55. The van der Waals surface area contributed by atoms with Gasteiger partial charge in [0.1, 0.15) is 17.6 Å². The number of imide groups is 1. The van der Waals surface area contributed by atoms with Crippen LogP contribution >= 0.6 is 0 Å². The zero-order chi connectivity index (χ0) is 18.4. The monoisotopic (exact) mass is 343 g/mol. The SMILES string of the molecule is C[C@@H](CC(=O)NC(=O)c1coc(Cc2ccccc2)cc1=O)C(=O)O. The highest BCUT2D eigenvalue weighted by atomic mass is 16.4. The molecule has 2 aromatic rings. The molecule has 0 radical (unpaired) electrons. The van der Waals surface area contributed by atoms with Crippen LogP contribution in [0, 0.1) is 5.92 Å². The first-order valence-electron chi connectivity index (χ1n) is 7.59. The van der Waals surface area contributed by atoms with E-state index in [1.165, 1.54) is 13.0 Å². The lowest BCUT2D eigenvalue weighted by Crippen LogP contribution is -2.35. The Morgan fingerprint density at radius 2 is 1.88 bits per heavy atom. The highest BCUT2D eigenvalue weighted by Crippen LogP contribution is 2.08. The van der Waals surface area contributed by atoms with Gasteiger partial charge in [-0.25, -0.2) is 0 Å². The summed E-state index contributed by atoms with van der Waals surface area (Å²) < 4.78 is 5.30. The Hall–Kier alpha value is -3.22. The summed E-state index contributed by atoms with van der Waals surface area (Å²) >= 11 is 0. The van der Waals surface area contributed by atoms with Gasteiger partial charge in [0.05, 0.1) is 5.92 Å². The Bertz CT molecular complexity index is 840. The normalized spacial score (nSPS) is 11.6. The third-order valence-corrected chi connectivity index (χ3v) is 3.52. The fraction of sp³-hybridized carbons (Fsp3) is 0.222. The summed E-state index contributed by atoms with van der Waals surface area (Å²) in [6.45, 7) is 1.35. The number of carbonyl (C=O) groups excluding carboxylic acids is 2. The van der Waals surface area contributed by atoms with Crippen LogP contribution in [0.3, 0.4) is 0 Å². The maximum Gasteiger partial charge on any atom is 0.306 e. The second kappa shape index (κ2) is 8.05. The second-order valence-electron chi connectivity index (χ2n) is 5.61.